The molecule has 0 fully saturated rings. The van der Waals surface area contributed by atoms with E-state index in [1.807, 2.05) is 4.98 Å². The normalized spacial score (nSPS) is 12.4. The SMILES string of the molecule is NC(C(=O)O)c1c[nH]c(=O)[nH]c1=O. The van der Waals surface area contributed by atoms with Crippen molar-refractivity contribution in [2.24, 2.45) is 5.73 Å². The van der Waals surface area contributed by atoms with Gasteiger partial charge in [0.1, 0.15) is 6.04 Å². The van der Waals surface area contributed by atoms with Gasteiger partial charge in [-0.3, -0.25) is 14.6 Å². The second kappa shape index (κ2) is 3.23. The minimum atomic E-state index is -1.43. The summed E-state index contributed by atoms with van der Waals surface area (Å²) in [7, 11) is 0. The van der Waals surface area contributed by atoms with E-state index in [0.29, 0.717) is 0 Å². The molecule has 0 aliphatic rings. The van der Waals surface area contributed by atoms with Crippen molar-refractivity contribution in [3.63, 3.8) is 0 Å². The molecule has 1 rings (SSSR count). The van der Waals surface area contributed by atoms with Crippen LogP contribution in [0.25, 0.3) is 0 Å². The Balaban J connectivity index is 3.24. The number of nitrogens with two attached hydrogens (primary N) is 1. The molecule has 7 heteroatoms. The summed E-state index contributed by atoms with van der Waals surface area (Å²) in [6, 6.07) is -1.43. The lowest BCUT2D eigenvalue weighted by Gasteiger charge is -2.03. The summed E-state index contributed by atoms with van der Waals surface area (Å²) < 4.78 is 0. The van der Waals surface area contributed by atoms with Gasteiger partial charge in [0.25, 0.3) is 5.56 Å². The number of aromatic nitrogens is 2. The van der Waals surface area contributed by atoms with Crippen LogP contribution in [-0.2, 0) is 4.79 Å². The fourth-order valence-corrected chi connectivity index (χ4v) is 0.784. The molecule has 0 bridgehead atoms. The van der Waals surface area contributed by atoms with Gasteiger partial charge in [0, 0.05) is 6.20 Å². The number of rotatable bonds is 2. The molecular formula is C6H7N3O4. The minimum absolute atomic E-state index is 0.188. The summed E-state index contributed by atoms with van der Waals surface area (Å²) in [5.74, 6) is -1.34. The molecule has 1 heterocycles. The minimum Gasteiger partial charge on any atom is -0.480 e. The van der Waals surface area contributed by atoms with Crippen LogP contribution in [0.15, 0.2) is 15.8 Å². The van der Waals surface area contributed by atoms with Crippen molar-refractivity contribution in [3.05, 3.63) is 32.6 Å². The van der Waals surface area contributed by atoms with E-state index < -0.39 is 23.3 Å². The van der Waals surface area contributed by atoms with Crippen molar-refractivity contribution in [2.45, 2.75) is 6.04 Å². The van der Waals surface area contributed by atoms with Gasteiger partial charge < -0.3 is 15.8 Å². The van der Waals surface area contributed by atoms with Crippen molar-refractivity contribution >= 4 is 5.97 Å². The van der Waals surface area contributed by atoms with Crippen LogP contribution in [0.1, 0.15) is 11.6 Å². The van der Waals surface area contributed by atoms with E-state index >= 15 is 0 Å². The number of nitrogens with one attached hydrogen (secondary N) is 2. The van der Waals surface area contributed by atoms with Crippen LogP contribution >= 0.6 is 0 Å². The monoisotopic (exact) mass is 185 g/mol. The molecule has 0 saturated heterocycles. The zero-order valence-electron chi connectivity index (χ0n) is 6.40. The standard InChI is InChI=1S/C6H7N3O4/c7-3(5(11)12)2-1-8-6(13)9-4(2)10/h1,3H,7H2,(H,11,12)(H2,8,9,10,13). The molecule has 1 aromatic heterocycles. The van der Waals surface area contributed by atoms with Gasteiger partial charge in [0.05, 0.1) is 5.56 Å². The lowest BCUT2D eigenvalue weighted by Crippen LogP contribution is -2.32. The highest BCUT2D eigenvalue weighted by atomic mass is 16.4. The van der Waals surface area contributed by atoms with Gasteiger partial charge >= 0.3 is 11.7 Å². The quantitative estimate of drug-likeness (QED) is 0.429. The van der Waals surface area contributed by atoms with Gasteiger partial charge in [0.2, 0.25) is 0 Å². The summed E-state index contributed by atoms with van der Waals surface area (Å²) in [6.07, 6.45) is 0.986. The molecular weight excluding hydrogens is 178 g/mol. The van der Waals surface area contributed by atoms with Crippen LogP contribution in [-0.4, -0.2) is 21.0 Å². The Kier molecular flexibility index (Phi) is 2.29. The topological polar surface area (TPSA) is 129 Å². The number of hydrogen-bond donors (Lipinski definition) is 4. The molecule has 1 atom stereocenters. The number of aliphatic carboxylic acids is 1. The molecule has 5 N–H and O–H groups in total. The Morgan fingerprint density at radius 3 is 2.62 bits per heavy atom. The Labute approximate surface area is 71.2 Å². The molecule has 7 nitrogen and oxygen atoms in total. The molecule has 0 aromatic carbocycles. The van der Waals surface area contributed by atoms with Crippen LogP contribution in [0.5, 0.6) is 0 Å². The van der Waals surface area contributed by atoms with Gasteiger partial charge in [-0.2, -0.15) is 0 Å². The third-order valence-electron chi connectivity index (χ3n) is 1.45. The van der Waals surface area contributed by atoms with Gasteiger partial charge in [-0.05, 0) is 0 Å². The zero-order valence-corrected chi connectivity index (χ0v) is 6.40. The first-order valence-electron chi connectivity index (χ1n) is 3.32. The number of carbonyl (C=O) groups is 1. The largest absolute Gasteiger partial charge is 0.480 e. The van der Waals surface area contributed by atoms with Crippen molar-refractivity contribution < 1.29 is 9.90 Å². The van der Waals surface area contributed by atoms with Gasteiger partial charge in [-0.15, -0.1) is 0 Å². The molecule has 0 radical (unpaired) electrons. The Morgan fingerprint density at radius 2 is 2.15 bits per heavy atom. The fraction of sp³-hybridized carbons (Fsp3) is 0.167. The molecule has 1 unspecified atom stereocenters. The Morgan fingerprint density at radius 1 is 1.54 bits per heavy atom. The number of H-pyrrole nitrogens is 2. The van der Waals surface area contributed by atoms with E-state index in [4.69, 9.17) is 10.8 Å². The molecule has 1 aromatic rings. The molecule has 70 valence electrons. The van der Waals surface area contributed by atoms with E-state index in [1.54, 1.807) is 0 Å². The predicted octanol–water partition coefficient (Wildman–Crippen LogP) is -1.85. The van der Waals surface area contributed by atoms with E-state index in [-0.39, 0.29) is 5.56 Å². The fourth-order valence-electron chi connectivity index (χ4n) is 0.784. The van der Waals surface area contributed by atoms with Crippen LogP contribution < -0.4 is 17.0 Å². The molecule has 0 amide bonds. The first-order valence-corrected chi connectivity index (χ1v) is 3.32. The molecule has 0 aliphatic heterocycles. The number of carboxylic acid groups (broad SMARTS) is 1. The highest BCUT2D eigenvalue weighted by molar-refractivity contribution is 5.74. The van der Waals surface area contributed by atoms with Crippen molar-refractivity contribution in [2.75, 3.05) is 0 Å². The maximum Gasteiger partial charge on any atom is 0.325 e. The number of hydrogen-bond acceptors (Lipinski definition) is 4. The smallest absolute Gasteiger partial charge is 0.325 e. The first-order chi connectivity index (χ1) is 6.02. The summed E-state index contributed by atoms with van der Waals surface area (Å²) >= 11 is 0. The van der Waals surface area contributed by atoms with Crippen LogP contribution in [0.2, 0.25) is 0 Å². The molecule has 0 spiro atoms. The maximum absolute atomic E-state index is 11.0. The molecule has 0 saturated carbocycles. The average molecular weight is 185 g/mol. The van der Waals surface area contributed by atoms with E-state index in [0.717, 1.165) is 6.20 Å². The van der Waals surface area contributed by atoms with Crippen LogP contribution in [0.4, 0.5) is 0 Å². The molecule has 0 aliphatic carbocycles. The van der Waals surface area contributed by atoms with Crippen LogP contribution in [0, 0.1) is 0 Å². The number of carboxylic acids is 1. The third-order valence-corrected chi connectivity index (χ3v) is 1.45. The Hall–Kier alpha value is -1.89. The maximum atomic E-state index is 11.0. The van der Waals surface area contributed by atoms with Crippen LogP contribution in [0.3, 0.4) is 0 Å². The summed E-state index contributed by atoms with van der Waals surface area (Å²) in [5.41, 5.74) is 3.46. The van der Waals surface area contributed by atoms with E-state index in [9.17, 15) is 14.4 Å². The summed E-state index contributed by atoms with van der Waals surface area (Å²) in [4.78, 5) is 35.9. The lowest BCUT2D eigenvalue weighted by molar-refractivity contribution is -0.138. The van der Waals surface area contributed by atoms with Crippen molar-refractivity contribution in [1.29, 1.82) is 0 Å². The van der Waals surface area contributed by atoms with E-state index in [2.05, 4.69) is 4.98 Å². The van der Waals surface area contributed by atoms with Crippen molar-refractivity contribution in [3.8, 4) is 0 Å². The highest BCUT2D eigenvalue weighted by Crippen LogP contribution is 2.00. The zero-order chi connectivity index (χ0) is 10.0. The van der Waals surface area contributed by atoms with Gasteiger partial charge in [0.15, 0.2) is 0 Å². The Bertz CT molecular complexity index is 432. The summed E-state index contributed by atoms with van der Waals surface area (Å²) in [6.45, 7) is 0. The second-order valence-electron chi connectivity index (χ2n) is 2.34. The summed E-state index contributed by atoms with van der Waals surface area (Å²) in [5, 5.41) is 8.46. The van der Waals surface area contributed by atoms with Gasteiger partial charge in [-0.1, -0.05) is 0 Å². The molecule has 13 heavy (non-hydrogen) atoms. The lowest BCUT2D eigenvalue weighted by atomic mass is 10.2. The third kappa shape index (κ3) is 1.82. The predicted molar refractivity (Wildman–Crippen MR) is 42.2 cm³/mol. The highest BCUT2D eigenvalue weighted by Gasteiger charge is 2.17. The first kappa shape index (κ1) is 9.20. The second-order valence-corrected chi connectivity index (χ2v) is 2.34. The van der Waals surface area contributed by atoms with Gasteiger partial charge in [-0.25, -0.2) is 4.79 Å². The number of aromatic amines is 2. The average Bonchev–Trinajstić information content (AvgIpc) is 2.03. The van der Waals surface area contributed by atoms with Crippen molar-refractivity contribution in [1.82, 2.24) is 9.97 Å². The van der Waals surface area contributed by atoms with E-state index in [1.165, 1.54) is 0 Å².